The Morgan fingerprint density at radius 1 is 1.18 bits per heavy atom. The molecule has 0 spiro atoms. The van der Waals surface area contributed by atoms with Gasteiger partial charge in [-0.1, -0.05) is 0 Å². The fourth-order valence-electron chi connectivity index (χ4n) is 0.618. The maximum absolute atomic E-state index is 10.5. The normalized spacial score (nSPS) is 11.5. The van der Waals surface area contributed by atoms with Gasteiger partial charge in [-0.25, -0.2) is 0 Å². The van der Waals surface area contributed by atoms with Gasteiger partial charge in [0.2, 0.25) is 0 Å². The molecule has 2 radical (unpaired) electrons. The number of rotatable bonds is 1. The van der Waals surface area contributed by atoms with Crippen LogP contribution in [0.25, 0.3) is 0 Å². The van der Waals surface area contributed by atoms with Gasteiger partial charge in [-0.05, 0) is 0 Å². The molecule has 0 aliphatic carbocycles. The molecule has 0 heterocycles. The quantitative estimate of drug-likeness (QED) is 0.535. The fraction of sp³-hybridized carbons (Fsp3) is 0. The van der Waals surface area contributed by atoms with Gasteiger partial charge in [0, 0.05) is 0 Å². The van der Waals surface area contributed by atoms with E-state index < -0.39 is 10.1 Å². The number of hydrogen-bond donors (Lipinski definition) is 1. The molecule has 5 heteroatoms. The van der Waals surface area contributed by atoms with Crippen molar-refractivity contribution in [3.63, 3.8) is 0 Å². The minimum atomic E-state index is -4.03. The molecule has 0 fully saturated rings. The topological polar surface area (TPSA) is 54.4 Å². The maximum atomic E-state index is 10.5. The molecule has 1 N–H and O–H groups in total. The third kappa shape index (κ3) is 2.33. The summed E-state index contributed by atoms with van der Waals surface area (Å²) in [7, 11) is -4.03. The van der Waals surface area contributed by atoms with E-state index in [1.54, 1.807) is 12.1 Å². The van der Waals surface area contributed by atoms with Crippen LogP contribution in [0.1, 0.15) is 0 Å². The van der Waals surface area contributed by atoms with E-state index in [-0.39, 0.29) is 4.90 Å². The van der Waals surface area contributed by atoms with Crippen molar-refractivity contribution in [3.8, 4) is 0 Å². The van der Waals surface area contributed by atoms with Gasteiger partial charge in [-0.15, -0.1) is 0 Å². The van der Waals surface area contributed by atoms with Crippen molar-refractivity contribution in [3.05, 3.63) is 24.3 Å². The molecule has 0 saturated carbocycles. The second kappa shape index (κ2) is 2.97. The van der Waals surface area contributed by atoms with E-state index in [9.17, 15) is 8.42 Å². The van der Waals surface area contributed by atoms with Gasteiger partial charge in [0.25, 0.3) is 0 Å². The second-order valence-electron chi connectivity index (χ2n) is 1.97. The van der Waals surface area contributed by atoms with Crippen LogP contribution >= 0.6 is 0 Å². The van der Waals surface area contributed by atoms with Crippen molar-refractivity contribution in [1.29, 1.82) is 0 Å². The standard InChI is InChI=1S/C6H5AsO3S/c7-5-1-3-6(4-2-5)11(8,9)10/h1-4H,(H,8,9,10). The Bertz CT molecular complexity index is 341. The molecule has 0 unspecified atom stereocenters. The van der Waals surface area contributed by atoms with Crippen LogP contribution in [0.3, 0.4) is 0 Å². The molecule has 0 aromatic heterocycles. The molecule has 0 saturated heterocycles. The van der Waals surface area contributed by atoms with Gasteiger partial charge in [-0.2, -0.15) is 0 Å². The van der Waals surface area contributed by atoms with Gasteiger partial charge in [0.15, 0.2) is 0 Å². The molecule has 58 valence electrons. The van der Waals surface area contributed by atoms with E-state index in [1.807, 2.05) is 0 Å². The first kappa shape index (κ1) is 8.78. The summed E-state index contributed by atoms with van der Waals surface area (Å²) in [5.74, 6) is 0. The summed E-state index contributed by atoms with van der Waals surface area (Å²) in [5.41, 5.74) is 0. The summed E-state index contributed by atoms with van der Waals surface area (Å²) in [6.45, 7) is 0. The van der Waals surface area contributed by atoms with E-state index in [0.29, 0.717) is 0 Å². The summed E-state index contributed by atoms with van der Waals surface area (Å²) in [6.07, 6.45) is 0. The van der Waals surface area contributed by atoms with Gasteiger partial charge in [0.1, 0.15) is 0 Å². The third-order valence-corrected chi connectivity index (χ3v) is 2.63. The van der Waals surface area contributed by atoms with Crippen molar-refractivity contribution >= 4 is 31.3 Å². The predicted octanol–water partition coefficient (Wildman–Crippen LogP) is -0.273. The van der Waals surface area contributed by atoms with Crippen molar-refractivity contribution in [1.82, 2.24) is 0 Å². The Kier molecular flexibility index (Phi) is 2.37. The molecule has 1 aromatic rings. The summed E-state index contributed by atoms with van der Waals surface area (Å²) >= 11 is 2.27. The van der Waals surface area contributed by atoms with E-state index in [2.05, 4.69) is 16.9 Å². The van der Waals surface area contributed by atoms with Crippen LogP contribution in [-0.4, -0.2) is 29.8 Å². The van der Waals surface area contributed by atoms with Crippen molar-refractivity contribution in [2.24, 2.45) is 0 Å². The molecule has 11 heavy (non-hydrogen) atoms. The van der Waals surface area contributed by atoms with Crippen LogP contribution in [0.5, 0.6) is 0 Å². The summed E-state index contributed by atoms with van der Waals surface area (Å²) in [6, 6.07) is 5.90. The average molecular weight is 232 g/mol. The zero-order chi connectivity index (χ0) is 8.48. The van der Waals surface area contributed by atoms with E-state index in [1.165, 1.54) is 12.1 Å². The van der Waals surface area contributed by atoms with Crippen LogP contribution < -0.4 is 4.35 Å². The van der Waals surface area contributed by atoms with Gasteiger partial charge >= 0.3 is 73.5 Å². The Morgan fingerprint density at radius 2 is 1.64 bits per heavy atom. The minimum absolute atomic E-state index is 0.0766. The molecule has 0 amide bonds. The molecule has 0 aliphatic heterocycles. The Balaban J connectivity index is 3.20. The van der Waals surface area contributed by atoms with Gasteiger partial charge in [0.05, 0.1) is 0 Å². The van der Waals surface area contributed by atoms with E-state index in [4.69, 9.17) is 4.55 Å². The van der Waals surface area contributed by atoms with Crippen LogP contribution in [0, 0.1) is 0 Å². The Labute approximate surface area is 73.7 Å². The van der Waals surface area contributed by atoms with E-state index >= 15 is 0 Å². The molecular weight excluding hydrogens is 227 g/mol. The summed E-state index contributed by atoms with van der Waals surface area (Å²) in [5, 5.41) is 0. The summed E-state index contributed by atoms with van der Waals surface area (Å²) < 4.78 is 30.4. The van der Waals surface area contributed by atoms with Crippen LogP contribution in [0.15, 0.2) is 29.2 Å². The molecule has 0 bridgehead atoms. The SMILES string of the molecule is O=S(=O)(O)c1ccc([As])cc1. The van der Waals surface area contributed by atoms with Gasteiger partial charge < -0.3 is 0 Å². The molecule has 0 aliphatic rings. The predicted molar refractivity (Wildman–Crippen MR) is 41.6 cm³/mol. The first-order valence-electron chi connectivity index (χ1n) is 2.77. The van der Waals surface area contributed by atoms with E-state index in [0.717, 1.165) is 4.35 Å². The first-order chi connectivity index (χ1) is 5.00. The number of benzene rings is 1. The van der Waals surface area contributed by atoms with Gasteiger partial charge in [-0.3, -0.25) is 0 Å². The molecule has 3 nitrogen and oxygen atoms in total. The Morgan fingerprint density at radius 3 is 2.00 bits per heavy atom. The third-order valence-electron chi connectivity index (χ3n) is 1.13. The van der Waals surface area contributed by atoms with Crippen molar-refractivity contribution < 1.29 is 13.0 Å². The van der Waals surface area contributed by atoms with Crippen LogP contribution in [0.4, 0.5) is 0 Å². The molecule has 0 atom stereocenters. The number of hydrogen-bond acceptors (Lipinski definition) is 2. The Hall–Kier alpha value is -0.312. The zero-order valence-electron chi connectivity index (χ0n) is 5.43. The van der Waals surface area contributed by atoms with Crippen LogP contribution in [0.2, 0.25) is 0 Å². The zero-order valence-corrected chi connectivity index (χ0v) is 8.12. The fourth-order valence-corrected chi connectivity index (χ4v) is 1.41. The molecule has 1 aromatic carbocycles. The summed E-state index contributed by atoms with van der Waals surface area (Å²) in [4.78, 5) is -0.0766. The van der Waals surface area contributed by atoms with Crippen molar-refractivity contribution in [2.45, 2.75) is 4.90 Å². The molecule has 1 rings (SSSR count). The van der Waals surface area contributed by atoms with Crippen LogP contribution in [-0.2, 0) is 10.1 Å². The first-order valence-corrected chi connectivity index (χ1v) is 5.14. The van der Waals surface area contributed by atoms with Crippen molar-refractivity contribution in [2.75, 3.05) is 0 Å². The second-order valence-corrected chi connectivity index (χ2v) is 4.47. The monoisotopic (exact) mass is 232 g/mol. The average Bonchev–Trinajstić information content (AvgIpc) is 1.86. The molecular formula is C6H5AsO3S.